The summed E-state index contributed by atoms with van der Waals surface area (Å²) in [7, 11) is -3.31. The van der Waals surface area contributed by atoms with Crippen LogP contribution in [-0.2, 0) is 23.0 Å². The van der Waals surface area contributed by atoms with Gasteiger partial charge in [-0.2, -0.15) is 4.31 Å². The van der Waals surface area contributed by atoms with Crippen LogP contribution in [0.5, 0.6) is 0 Å². The lowest BCUT2D eigenvalue weighted by molar-refractivity contribution is 0.383. The Hall–Kier alpha value is -1.97. The Kier molecular flexibility index (Phi) is 6.36. The highest BCUT2D eigenvalue weighted by molar-refractivity contribution is 7.99. The van der Waals surface area contributed by atoms with Crippen LogP contribution in [0.4, 0.5) is 11.5 Å². The number of rotatable bonds is 7. The zero-order valence-electron chi connectivity index (χ0n) is 16.3. The minimum absolute atomic E-state index is 0.299. The average molecular weight is 420 g/mol. The highest BCUT2D eigenvalue weighted by atomic mass is 32.2. The van der Waals surface area contributed by atoms with Gasteiger partial charge in [-0.25, -0.2) is 18.4 Å². The topological polar surface area (TPSA) is 87.6 Å². The van der Waals surface area contributed by atoms with Gasteiger partial charge in [0.05, 0.1) is 22.5 Å². The summed E-state index contributed by atoms with van der Waals surface area (Å²) in [4.78, 5) is 13.8. The third-order valence-corrected chi connectivity index (χ3v) is 7.83. The normalized spacial score (nSPS) is 14.7. The molecule has 0 atom stereocenters. The van der Waals surface area contributed by atoms with Gasteiger partial charge in [0.2, 0.25) is 10.0 Å². The van der Waals surface area contributed by atoms with Crippen molar-refractivity contribution in [1.82, 2.24) is 14.3 Å². The number of hydrogen-bond donors (Lipinski definition) is 1. The summed E-state index contributed by atoms with van der Waals surface area (Å²) < 4.78 is 26.6. The number of aliphatic imine (C=N–C) groups is 1. The molecule has 7 nitrogen and oxygen atoms in total. The predicted octanol–water partition coefficient (Wildman–Crippen LogP) is 3.38. The molecule has 2 heterocycles. The monoisotopic (exact) mass is 419 g/mol. The van der Waals surface area contributed by atoms with Crippen LogP contribution >= 0.6 is 11.8 Å². The second-order valence-corrected chi connectivity index (χ2v) is 10.4. The van der Waals surface area contributed by atoms with E-state index in [9.17, 15) is 8.42 Å². The molecule has 0 spiro atoms. The molecule has 1 aromatic heterocycles. The van der Waals surface area contributed by atoms with E-state index >= 15 is 0 Å². The molecule has 0 radical (unpaired) electrons. The van der Waals surface area contributed by atoms with Gasteiger partial charge in [0.1, 0.15) is 12.1 Å². The number of aromatic nitrogens is 2. The first-order chi connectivity index (χ1) is 13.3. The maximum Gasteiger partial charge on any atom is 0.216 e. The second kappa shape index (κ2) is 8.59. The van der Waals surface area contributed by atoms with Gasteiger partial charge in [0, 0.05) is 30.0 Å². The highest BCUT2D eigenvalue weighted by Gasteiger charge is 2.31. The molecule has 1 N–H and O–H groups in total. The molecule has 150 valence electrons. The van der Waals surface area contributed by atoms with Gasteiger partial charge in [-0.3, -0.25) is 4.99 Å². The van der Waals surface area contributed by atoms with Crippen molar-refractivity contribution in [3.8, 4) is 0 Å². The molecule has 0 unspecified atom stereocenters. The number of thioether (sulfide) groups is 1. The summed E-state index contributed by atoms with van der Waals surface area (Å²) in [6, 6.07) is 6.03. The van der Waals surface area contributed by atoms with Crippen molar-refractivity contribution >= 4 is 40.0 Å². The smallest absolute Gasteiger partial charge is 0.216 e. The number of hydrogen-bond acceptors (Lipinski definition) is 7. The standard InChI is InChI=1S/C19H25N5O2S2/c1-13(2)28(25,26)24-8-7-16-15(10-24)19(22-11-21-16)23-12-27-18-9-14(3)5-6-17(18)20-4/h5-6,9,11,13H,4,7-8,10,12H2,1-3H3,(H,21,22,23). The lowest BCUT2D eigenvalue weighted by Gasteiger charge is -2.29. The zero-order chi connectivity index (χ0) is 20.3. The first kappa shape index (κ1) is 20.8. The Labute approximate surface area is 170 Å². The third-order valence-electron chi connectivity index (χ3n) is 4.68. The molecular formula is C19H25N5O2S2. The first-order valence-electron chi connectivity index (χ1n) is 9.08. The molecule has 0 fully saturated rings. The molecular weight excluding hydrogens is 394 g/mol. The molecule has 1 aromatic carbocycles. The maximum absolute atomic E-state index is 12.6. The van der Waals surface area contributed by atoms with Crippen LogP contribution in [0.2, 0.25) is 0 Å². The molecule has 0 saturated carbocycles. The highest BCUT2D eigenvalue weighted by Crippen LogP contribution is 2.31. The number of benzene rings is 1. The summed E-state index contributed by atoms with van der Waals surface area (Å²) >= 11 is 1.61. The van der Waals surface area contributed by atoms with Crippen LogP contribution in [0.1, 0.15) is 30.7 Å². The SMILES string of the molecule is C=Nc1ccc(C)cc1SCNc1ncnc2c1CN(S(=O)(=O)C(C)C)CC2. The van der Waals surface area contributed by atoms with E-state index in [0.717, 1.165) is 27.4 Å². The summed E-state index contributed by atoms with van der Waals surface area (Å²) in [6.07, 6.45) is 2.12. The zero-order valence-corrected chi connectivity index (χ0v) is 18.0. The number of anilines is 1. The van der Waals surface area contributed by atoms with Crippen LogP contribution in [0.25, 0.3) is 0 Å². The van der Waals surface area contributed by atoms with Crippen molar-refractivity contribution in [3.63, 3.8) is 0 Å². The Bertz CT molecular complexity index is 976. The van der Waals surface area contributed by atoms with Gasteiger partial charge in [-0.15, -0.1) is 11.8 Å². The second-order valence-electron chi connectivity index (χ2n) is 6.92. The van der Waals surface area contributed by atoms with Crippen molar-refractivity contribution < 1.29 is 8.42 Å². The van der Waals surface area contributed by atoms with Crippen molar-refractivity contribution in [3.05, 3.63) is 41.3 Å². The van der Waals surface area contributed by atoms with Crippen LogP contribution in [0.3, 0.4) is 0 Å². The lowest BCUT2D eigenvalue weighted by Crippen LogP contribution is -2.40. The summed E-state index contributed by atoms with van der Waals surface area (Å²) in [5.41, 5.74) is 3.76. The molecule has 2 aromatic rings. The van der Waals surface area contributed by atoms with E-state index in [2.05, 4.69) is 33.1 Å². The fourth-order valence-corrected chi connectivity index (χ4v) is 5.20. The van der Waals surface area contributed by atoms with E-state index in [-0.39, 0.29) is 0 Å². The average Bonchev–Trinajstić information content (AvgIpc) is 2.68. The summed E-state index contributed by atoms with van der Waals surface area (Å²) in [5.74, 6) is 1.26. The van der Waals surface area contributed by atoms with Crippen molar-refractivity contribution in [2.45, 2.75) is 43.9 Å². The Morgan fingerprint density at radius 1 is 1.36 bits per heavy atom. The van der Waals surface area contributed by atoms with E-state index < -0.39 is 15.3 Å². The van der Waals surface area contributed by atoms with E-state index in [1.54, 1.807) is 25.6 Å². The molecule has 1 aliphatic heterocycles. The number of nitrogens with zero attached hydrogens (tertiary/aromatic N) is 4. The third kappa shape index (κ3) is 4.37. The Balaban J connectivity index is 1.75. The van der Waals surface area contributed by atoms with Gasteiger partial charge < -0.3 is 5.32 Å². The molecule has 0 saturated heterocycles. The molecule has 3 rings (SSSR count). The fraction of sp³-hybridized carbons (Fsp3) is 0.421. The number of nitrogens with one attached hydrogen (secondary N) is 1. The number of fused-ring (bicyclic) bond motifs is 1. The quantitative estimate of drug-likeness (QED) is 0.421. The van der Waals surface area contributed by atoms with E-state index in [1.165, 1.54) is 10.6 Å². The largest absolute Gasteiger partial charge is 0.360 e. The molecule has 1 aliphatic rings. The minimum atomic E-state index is -3.31. The van der Waals surface area contributed by atoms with E-state index in [0.29, 0.717) is 31.2 Å². The fourth-order valence-electron chi connectivity index (χ4n) is 3.03. The van der Waals surface area contributed by atoms with Crippen molar-refractivity contribution in [1.29, 1.82) is 0 Å². The lowest BCUT2D eigenvalue weighted by atomic mass is 10.1. The van der Waals surface area contributed by atoms with Crippen LogP contribution in [0, 0.1) is 6.92 Å². The Morgan fingerprint density at radius 3 is 2.86 bits per heavy atom. The van der Waals surface area contributed by atoms with Gasteiger partial charge >= 0.3 is 0 Å². The van der Waals surface area contributed by atoms with Crippen LogP contribution in [0.15, 0.2) is 34.4 Å². The maximum atomic E-state index is 12.6. The molecule has 28 heavy (non-hydrogen) atoms. The molecule has 0 bridgehead atoms. The van der Waals surface area contributed by atoms with Gasteiger partial charge in [-0.1, -0.05) is 6.07 Å². The number of sulfonamides is 1. The Morgan fingerprint density at radius 2 is 2.14 bits per heavy atom. The van der Waals surface area contributed by atoms with Crippen LogP contribution < -0.4 is 5.32 Å². The first-order valence-corrected chi connectivity index (χ1v) is 11.6. The minimum Gasteiger partial charge on any atom is -0.360 e. The summed E-state index contributed by atoms with van der Waals surface area (Å²) in [5, 5.41) is 2.87. The van der Waals surface area contributed by atoms with E-state index in [4.69, 9.17) is 0 Å². The molecule has 9 heteroatoms. The molecule has 0 aliphatic carbocycles. The van der Waals surface area contributed by atoms with Gasteiger partial charge in [0.25, 0.3) is 0 Å². The summed E-state index contributed by atoms with van der Waals surface area (Å²) in [6.45, 7) is 9.82. The predicted molar refractivity (Wildman–Crippen MR) is 115 cm³/mol. The molecule has 0 amide bonds. The van der Waals surface area contributed by atoms with Crippen molar-refractivity contribution in [2.75, 3.05) is 17.7 Å². The van der Waals surface area contributed by atoms with Crippen molar-refractivity contribution in [2.24, 2.45) is 4.99 Å². The van der Waals surface area contributed by atoms with Crippen LogP contribution in [-0.4, -0.2) is 47.1 Å². The van der Waals surface area contributed by atoms with Gasteiger partial charge in [-0.05, 0) is 45.2 Å². The van der Waals surface area contributed by atoms with Gasteiger partial charge in [0.15, 0.2) is 0 Å². The van der Waals surface area contributed by atoms with E-state index in [1.807, 2.05) is 19.1 Å². The number of aryl methyl sites for hydroxylation is 1.